The molecule has 0 bridgehead atoms. The summed E-state index contributed by atoms with van der Waals surface area (Å²) in [6.45, 7) is 4.86. The van der Waals surface area contributed by atoms with Gasteiger partial charge in [-0.2, -0.15) is 0 Å². The van der Waals surface area contributed by atoms with Crippen LogP contribution in [0, 0.1) is 0 Å². The van der Waals surface area contributed by atoms with Crippen molar-refractivity contribution in [3.8, 4) is 5.75 Å². The van der Waals surface area contributed by atoms with Crippen molar-refractivity contribution in [1.82, 2.24) is 10.3 Å². The van der Waals surface area contributed by atoms with Gasteiger partial charge >= 0.3 is 0 Å². The van der Waals surface area contributed by atoms with Gasteiger partial charge < -0.3 is 19.7 Å². The molecule has 1 atom stereocenters. The van der Waals surface area contributed by atoms with Crippen LogP contribution in [0.25, 0.3) is 10.9 Å². The quantitative estimate of drug-likeness (QED) is 0.875. The molecule has 2 aliphatic rings. The molecule has 0 aliphatic carbocycles. The summed E-state index contributed by atoms with van der Waals surface area (Å²) >= 11 is 0. The van der Waals surface area contributed by atoms with Gasteiger partial charge in [0.2, 0.25) is 0 Å². The van der Waals surface area contributed by atoms with Gasteiger partial charge in [-0.1, -0.05) is 0 Å². The Kier molecular flexibility index (Phi) is 5.04. The molecule has 1 aromatic carbocycles. The van der Waals surface area contributed by atoms with Gasteiger partial charge in [-0.25, -0.2) is 4.98 Å². The zero-order valence-corrected chi connectivity index (χ0v) is 15.0. The molecule has 3 heterocycles. The molecule has 2 aromatic rings. The number of ether oxygens (including phenoxy) is 2. The van der Waals surface area contributed by atoms with E-state index in [1.54, 1.807) is 7.11 Å². The lowest BCUT2D eigenvalue weighted by Gasteiger charge is -2.21. The third-order valence-electron chi connectivity index (χ3n) is 5.20. The summed E-state index contributed by atoms with van der Waals surface area (Å²) in [7, 11) is 1.70. The fourth-order valence-corrected chi connectivity index (χ4v) is 3.81. The lowest BCUT2D eigenvalue weighted by molar-refractivity contribution is 0.110. The number of anilines is 1. The molecule has 1 N–H and O–H groups in total. The molecule has 0 spiro atoms. The summed E-state index contributed by atoms with van der Waals surface area (Å²) < 4.78 is 11.1. The Morgan fingerprint density at radius 1 is 1.24 bits per heavy atom. The SMILES string of the molecule is COc1ccc2cc(CNC[C@@H]3CCCO3)c(N3CCCC3)nc2c1. The molecule has 2 saturated heterocycles. The first-order valence-electron chi connectivity index (χ1n) is 9.38. The molecule has 0 amide bonds. The van der Waals surface area contributed by atoms with Gasteiger partial charge in [-0.3, -0.25) is 0 Å². The average molecular weight is 341 g/mol. The van der Waals surface area contributed by atoms with Crippen LogP contribution < -0.4 is 15.0 Å². The fourth-order valence-electron chi connectivity index (χ4n) is 3.81. The van der Waals surface area contributed by atoms with Crippen molar-refractivity contribution < 1.29 is 9.47 Å². The summed E-state index contributed by atoms with van der Waals surface area (Å²) in [4.78, 5) is 7.41. The van der Waals surface area contributed by atoms with E-state index in [1.165, 1.54) is 31.2 Å². The first kappa shape index (κ1) is 16.6. The predicted molar refractivity (Wildman–Crippen MR) is 100 cm³/mol. The number of hydrogen-bond donors (Lipinski definition) is 1. The molecule has 2 fully saturated rings. The monoisotopic (exact) mass is 341 g/mol. The summed E-state index contributed by atoms with van der Waals surface area (Å²) in [5, 5.41) is 4.74. The fraction of sp³-hybridized carbons (Fsp3) is 0.550. The minimum atomic E-state index is 0.368. The maximum atomic E-state index is 5.71. The zero-order valence-electron chi connectivity index (χ0n) is 15.0. The summed E-state index contributed by atoms with van der Waals surface area (Å²) in [6.07, 6.45) is 5.22. The molecule has 1 aromatic heterocycles. The predicted octanol–water partition coefficient (Wildman–Crippen LogP) is 3.11. The van der Waals surface area contributed by atoms with Crippen LogP contribution in [0.4, 0.5) is 5.82 Å². The smallest absolute Gasteiger partial charge is 0.133 e. The van der Waals surface area contributed by atoms with E-state index < -0.39 is 0 Å². The van der Waals surface area contributed by atoms with Crippen molar-refractivity contribution in [2.45, 2.75) is 38.3 Å². The highest BCUT2D eigenvalue weighted by atomic mass is 16.5. The maximum absolute atomic E-state index is 5.71. The third kappa shape index (κ3) is 3.72. The number of hydrogen-bond acceptors (Lipinski definition) is 5. The molecule has 134 valence electrons. The molecule has 4 rings (SSSR count). The van der Waals surface area contributed by atoms with Crippen LogP contribution in [0.15, 0.2) is 24.3 Å². The molecule has 2 aliphatic heterocycles. The Hall–Kier alpha value is -1.85. The topological polar surface area (TPSA) is 46.6 Å². The number of aromatic nitrogens is 1. The zero-order chi connectivity index (χ0) is 17.1. The van der Waals surface area contributed by atoms with Crippen molar-refractivity contribution in [2.24, 2.45) is 0 Å². The van der Waals surface area contributed by atoms with Crippen LogP contribution in [0.3, 0.4) is 0 Å². The molecule has 5 nitrogen and oxygen atoms in total. The number of nitrogens with one attached hydrogen (secondary N) is 1. The highest BCUT2D eigenvalue weighted by Crippen LogP contribution is 2.28. The van der Waals surface area contributed by atoms with Crippen LogP contribution in [0.5, 0.6) is 5.75 Å². The Morgan fingerprint density at radius 3 is 2.88 bits per heavy atom. The number of pyridine rings is 1. The lowest BCUT2D eigenvalue weighted by atomic mass is 10.1. The summed E-state index contributed by atoms with van der Waals surface area (Å²) in [5.74, 6) is 1.98. The van der Waals surface area contributed by atoms with E-state index in [4.69, 9.17) is 14.5 Å². The molecule has 0 saturated carbocycles. The van der Waals surface area contributed by atoms with E-state index in [0.29, 0.717) is 6.10 Å². The minimum Gasteiger partial charge on any atom is -0.497 e. The van der Waals surface area contributed by atoms with Crippen molar-refractivity contribution in [1.29, 1.82) is 0 Å². The summed E-state index contributed by atoms with van der Waals surface area (Å²) in [5.41, 5.74) is 2.28. The molecular formula is C20H27N3O2. The van der Waals surface area contributed by atoms with E-state index in [9.17, 15) is 0 Å². The van der Waals surface area contributed by atoms with Gasteiger partial charge in [-0.05, 0) is 43.9 Å². The number of nitrogens with zero attached hydrogens (tertiary/aromatic N) is 2. The van der Waals surface area contributed by atoms with E-state index >= 15 is 0 Å². The lowest BCUT2D eigenvalue weighted by Crippen LogP contribution is -2.27. The van der Waals surface area contributed by atoms with Crippen LogP contribution in [0.2, 0.25) is 0 Å². The molecule has 25 heavy (non-hydrogen) atoms. The van der Waals surface area contributed by atoms with E-state index in [2.05, 4.69) is 22.3 Å². The van der Waals surface area contributed by atoms with Crippen molar-refractivity contribution in [2.75, 3.05) is 38.3 Å². The first-order valence-corrected chi connectivity index (χ1v) is 9.38. The van der Waals surface area contributed by atoms with Crippen LogP contribution in [0.1, 0.15) is 31.2 Å². The summed E-state index contributed by atoms with van der Waals surface area (Å²) in [6, 6.07) is 8.40. The largest absolute Gasteiger partial charge is 0.497 e. The third-order valence-corrected chi connectivity index (χ3v) is 5.20. The molecule has 5 heteroatoms. The second-order valence-electron chi connectivity index (χ2n) is 6.99. The van der Waals surface area contributed by atoms with E-state index in [-0.39, 0.29) is 0 Å². The van der Waals surface area contributed by atoms with Gasteiger partial charge in [0.25, 0.3) is 0 Å². The maximum Gasteiger partial charge on any atom is 0.133 e. The van der Waals surface area contributed by atoms with Gasteiger partial charge in [-0.15, -0.1) is 0 Å². The van der Waals surface area contributed by atoms with Crippen LogP contribution >= 0.6 is 0 Å². The molecule has 0 unspecified atom stereocenters. The molecular weight excluding hydrogens is 314 g/mol. The Labute approximate surface area is 149 Å². The Bertz CT molecular complexity index is 722. The van der Waals surface area contributed by atoms with Crippen molar-refractivity contribution in [3.63, 3.8) is 0 Å². The number of rotatable bonds is 6. The highest BCUT2D eigenvalue weighted by Gasteiger charge is 2.19. The average Bonchev–Trinajstić information content (AvgIpc) is 3.34. The number of fused-ring (bicyclic) bond motifs is 1. The number of benzene rings is 1. The minimum absolute atomic E-state index is 0.368. The second-order valence-corrected chi connectivity index (χ2v) is 6.99. The van der Waals surface area contributed by atoms with E-state index in [0.717, 1.165) is 55.3 Å². The second kappa shape index (κ2) is 7.58. The number of methoxy groups -OCH3 is 1. The van der Waals surface area contributed by atoms with E-state index in [1.807, 2.05) is 12.1 Å². The van der Waals surface area contributed by atoms with Gasteiger partial charge in [0.05, 0.1) is 18.7 Å². The first-order chi connectivity index (χ1) is 12.3. The van der Waals surface area contributed by atoms with Crippen molar-refractivity contribution in [3.05, 3.63) is 29.8 Å². The molecule has 0 radical (unpaired) electrons. The highest BCUT2D eigenvalue weighted by molar-refractivity contribution is 5.83. The Balaban J connectivity index is 1.58. The van der Waals surface area contributed by atoms with Crippen LogP contribution in [-0.4, -0.2) is 44.4 Å². The van der Waals surface area contributed by atoms with Crippen LogP contribution in [-0.2, 0) is 11.3 Å². The Morgan fingerprint density at radius 2 is 2.12 bits per heavy atom. The van der Waals surface area contributed by atoms with Gasteiger partial charge in [0.1, 0.15) is 11.6 Å². The van der Waals surface area contributed by atoms with Gasteiger partial charge in [0, 0.05) is 49.8 Å². The normalized spacial score (nSPS) is 20.5. The van der Waals surface area contributed by atoms with Gasteiger partial charge in [0.15, 0.2) is 0 Å². The van der Waals surface area contributed by atoms with Crippen molar-refractivity contribution >= 4 is 16.7 Å². The standard InChI is InChI=1S/C20H27N3O2/c1-24-17-7-6-15-11-16(13-21-14-18-5-4-10-25-18)20(22-19(15)12-17)23-8-2-3-9-23/h6-7,11-12,18,21H,2-5,8-10,13-14H2,1H3/t18-/m0/s1.